The van der Waals surface area contributed by atoms with Gasteiger partial charge in [-0.15, -0.1) is 0 Å². The van der Waals surface area contributed by atoms with Gasteiger partial charge in [-0.25, -0.2) is 0 Å². The Morgan fingerprint density at radius 2 is 1.88 bits per heavy atom. The van der Waals surface area contributed by atoms with Crippen molar-refractivity contribution in [1.82, 2.24) is 20.2 Å². The van der Waals surface area contributed by atoms with Crippen LogP contribution in [0.15, 0.2) is 57.6 Å². The van der Waals surface area contributed by atoms with Crippen LogP contribution in [0.3, 0.4) is 0 Å². The van der Waals surface area contributed by atoms with Gasteiger partial charge in [-0.2, -0.15) is 4.98 Å². The van der Waals surface area contributed by atoms with Crippen LogP contribution in [0.25, 0.3) is 34.3 Å². The molecule has 5 rings (SSSR count). The number of rotatable bonds is 6. The van der Waals surface area contributed by atoms with Crippen LogP contribution in [-0.2, 0) is 11.3 Å². The van der Waals surface area contributed by atoms with Gasteiger partial charge in [0.05, 0.1) is 5.92 Å². The maximum absolute atomic E-state index is 11.0. The molecule has 1 N–H and O–H groups in total. The van der Waals surface area contributed by atoms with E-state index in [2.05, 4.69) is 26.3 Å². The highest BCUT2D eigenvalue weighted by molar-refractivity contribution is 5.72. The third kappa shape index (κ3) is 3.69. The Balaban J connectivity index is 1.34. The molecule has 3 heterocycles. The largest absolute Gasteiger partial charge is 0.481 e. The summed E-state index contributed by atoms with van der Waals surface area (Å²) in [7, 11) is 0. The van der Waals surface area contributed by atoms with Crippen LogP contribution in [-0.4, -0.2) is 44.4 Å². The molecule has 8 heteroatoms. The number of carboxylic acids is 1. The van der Waals surface area contributed by atoms with Crippen molar-refractivity contribution in [3.8, 4) is 34.3 Å². The molecule has 8 nitrogen and oxygen atoms in total. The number of nitrogens with zero attached hydrogens (tertiary/aromatic N) is 4. The van der Waals surface area contributed by atoms with Crippen molar-refractivity contribution in [2.75, 3.05) is 13.1 Å². The van der Waals surface area contributed by atoms with Crippen LogP contribution in [0, 0.1) is 19.8 Å². The fraction of sp³-hybridized carbons (Fsp3) is 0.250. The summed E-state index contributed by atoms with van der Waals surface area (Å²) in [5.74, 6) is 0.253. The van der Waals surface area contributed by atoms with Crippen LogP contribution in [0.4, 0.5) is 0 Å². The lowest BCUT2D eigenvalue weighted by Gasteiger charge is -2.36. The highest BCUT2D eigenvalue weighted by Gasteiger charge is 2.32. The van der Waals surface area contributed by atoms with E-state index in [0.717, 1.165) is 40.1 Å². The number of carboxylic acid groups (broad SMARTS) is 1. The minimum absolute atomic E-state index is 0.255. The topological polar surface area (TPSA) is 105 Å². The molecule has 0 aliphatic carbocycles. The van der Waals surface area contributed by atoms with Gasteiger partial charge in [-0.1, -0.05) is 58.8 Å². The van der Waals surface area contributed by atoms with Crippen LogP contribution in [0.2, 0.25) is 0 Å². The van der Waals surface area contributed by atoms with E-state index < -0.39 is 5.97 Å². The number of aliphatic carboxylic acids is 1. The molecule has 2 aromatic carbocycles. The zero-order chi connectivity index (χ0) is 22.2. The van der Waals surface area contributed by atoms with Gasteiger partial charge >= 0.3 is 5.97 Å². The van der Waals surface area contributed by atoms with E-state index in [-0.39, 0.29) is 11.8 Å². The zero-order valence-electron chi connectivity index (χ0n) is 17.8. The molecule has 32 heavy (non-hydrogen) atoms. The fourth-order valence-corrected chi connectivity index (χ4v) is 4.01. The molecule has 0 spiro atoms. The number of benzene rings is 2. The second-order valence-corrected chi connectivity index (χ2v) is 8.15. The van der Waals surface area contributed by atoms with Gasteiger partial charge in [0, 0.05) is 36.3 Å². The molecule has 1 aliphatic heterocycles. The van der Waals surface area contributed by atoms with E-state index in [9.17, 15) is 4.79 Å². The fourth-order valence-electron chi connectivity index (χ4n) is 4.01. The molecule has 0 bridgehead atoms. The Hall–Kier alpha value is -3.78. The van der Waals surface area contributed by atoms with Crippen molar-refractivity contribution in [3.05, 3.63) is 65.2 Å². The Morgan fingerprint density at radius 3 is 2.59 bits per heavy atom. The molecule has 0 radical (unpaired) electrons. The minimum atomic E-state index is -0.724. The monoisotopic (exact) mass is 430 g/mol. The lowest BCUT2D eigenvalue weighted by molar-refractivity contribution is -0.147. The van der Waals surface area contributed by atoms with Crippen LogP contribution in [0.1, 0.15) is 16.7 Å². The van der Waals surface area contributed by atoms with Crippen molar-refractivity contribution in [1.29, 1.82) is 0 Å². The highest BCUT2D eigenvalue weighted by Crippen LogP contribution is 2.32. The van der Waals surface area contributed by atoms with Gasteiger partial charge in [0.1, 0.15) is 5.69 Å². The van der Waals surface area contributed by atoms with E-state index in [4.69, 9.17) is 14.2 Å². The summed E-state index contributed by atoms with van der Waals surface area (Å²) in [5, 5.41) is 17.4. The molecule has 1 saturated heterocycles. The van der Waals surface area contributed by atoms with E-state index in [0.29, 0.717) is 24.7 Å². The average Bonchev–Trinajstić information content (AvgIpc) is 3.37. The molecular formula is C24H22N4O4. The summed E-state index contributed by atoms with van der Waals surface area (Å²) >= 11 is 0. The van der Waals surface area contributed by atoms with Crippen LogP contribution in [0.5, 0.6) is 0 Å². The van der Waals surface area contributed by atoms with Gasteiger partial charge in [0.15, 0.2) is 0 Å². The SMILES string of the molecule is Cc1cc(CN2CC(C(=O)O)C2)ccc1-c1noc(-c2onc(-c3ccccc3)c2C)n1. The van der Waals surface area contributed by atoms with Gasteiger partial charge < -0.3 is 14.2 Å². The molecular weight excluding hydrogens is 408 g/mol. The number of hydrogen-bond acceptors (Lipinski definition) is 7. The third-order valence-electron chi connectivity index (χ3n) is 5.84. The lowest BCUT2D eigenvalue weighted by atomic mass is 9.98. The Labute approximate surface area is 184 Å². The van der Waals surface area contributed by atoms with E-state index >= 15 is 0 Å². The average molecular weight is 430 g/mol. The molecule has 4 aromatic rings. The predicted octanol–water partition coefficient (Wildman–Crippen LogP) is 4.19. The summed E-state index contributed by atoms with van der Waals surface area (Å²) in [6.07, 6.45) is 0. The lowest BCUT2D eigenvalue weighted by Crippen LogP contribution is -2.49. The van der Waals surface area contributed by atoms with Gasteiger partial charge in [0.25, 0.3) is 5.89 Å². The van der Waals surface area contributed by atoms with Crippen molar-refractivity contribution in [2.24, 2.45) is 5.92 Å². The van der Waals surface area contributed by atoms with Crippen LogP contribution >= 0.6 is 0 Å². The van der Waals surface area contributed by atoms with Gasteiger partial charge in [0.2, 0.25) is 11.6 Å². The van der Waals surface area contributed by atoms with Crippen LogP contribution < -0.4 is 0 Å². The predicted molar refractivity (Wildman–Crippen MR) is 117 cm³/mol. The maximum atomic E-state index is 11.0. The summed E-state index contributed by atoms with van der Waals surface area (Å²) in [4.78, 5) is 17.6. The Kier molecular flexibility index (Phi) is 5.07. The molecule has 1 aliphatic rings. The Bertz CT molecular complexity index is 1270. The smallest absolute Gasteiger partial charge is 0.309 e. The molecule has 1 fully saturated rings. The molecule has 2 aromatic heterocycles. The highest BCUT2D eigenvalue weighted by atomic mass is 16.5. The molecule has 0 atom stereocenters. The van der Waals surface area contributed by atoms with E-state index in [1.165, 1.54) is 0 Å². The quantitative estimate of drug-likeness (QED) is 0.485. The van der Waals surface area contributed by atoms with E-state index in [1.54, 1.807) is 0 Å². The summed E-state index contributed by atoms with van der Waals surface area (Å²) in [6, 6.07) is 15.9. The third-order valence-corrected chi connectivity index (χ3v) is 5.84. The number of carbonyl (C=O) groups is 1. The molecule has 0 saturated carbocycles. The first-order chi connectivity index (χ1) is 15.5. The molecule has 0 unspecified atom stereocenters. The Morgan fingerprint density at radius 1 is 1.09 bits per heavy atom. The van der Waals surface area contributed by atoms with Crippen molar-refractivity contribution in [3.63, 3.8) is 0 Å². The second kappa shape index (κ2) is 8.05. The van der Waals surface area contributed by atoms with Crippen molar-refractivity contribution in [2.45, 2.75) is 20.4 Å². The molecule has 0 amide bonds. The standard InChI is InChI=1S/C24H22N4O4/c1-14-10-16(11-28-12-18(13-28)24(29)30)8-9-19(14)22-25-23(32-27-22)21-15(2)20(26-31-21)17-6-4-3-5-7-17/h3-10,18H,11-13H2,1-2H3,(H,29,30). The molecule has 162 valence electrons. The van der Waals surface area contributed by atoms with Gasteiger partial charge in [-0.3, -0.25) is 9.69 Å². The minimum Gasteiger partial charge on any atom is -0.481 e. The maximum Gasteiger partial charge on any atom is 0.309 e. The van der Waals surface area contributed by atoms with Crippen molar-refractivity contribution < 1.29 is 18.9 Å². The zero-order valence-corrected chi connectivity index (χ0v) is 17.8. The number of likely N-dealkylation sites (tertiary alicyclic amines) is 1. The second-order valence-electron chi connectivity index (χ2n) is 8.15. The normalized spacial score (nSPS) is 14.4. The van der Waals surface area contributed by atoms with Crippen molar-refractivity contribution >= 4 is 5.97 Å². The number of aryl methyl sites for hydroxylation is 1. The first kappa shape index (κ1) is 20.1. The first-order valence-electron chi connectivity index (χ1n) is 10.4. The van der Waals surface area contributed by atoms with E-state index in [1.807, 2.05) is 56.3 Å². The summed E-state index contributed by atoms with van der Waals surface area (Å²) in [5.41, 5.74) is 5.56. The van der Waals surface area contributed by atoms with Gasteiger partial charge in [-0.05, 0) is 25.0 Å². The number of hydrogen-bond donors (Lipinski definition) is 1. The number of aromatic nitrogens is 3. The summed E-state index contributed by atoms with van der Waals surface area (Å²) < 4.78 is 11.0. The first-order valence-corrected chi connectivity index (χ1v) is 10.4. The summed E-state index contributed by atoms with van der Waals surface area (Å²) in [6.45, 7) is 5.82.